The highest BCUT2D eigenvalue weighted by atomic mass is 35.5. The first-order chi connectivity index (χ1) is 17.0. The number of carbonyl (C=O) groups excluding carboxylic acids is 3. The van der Waals surface area contributed by atoms with Gasteiger partial charge in [0.15, 0.2) is 5.76 Å². The fraction of sp³-hybridized carbons (Fsp3) is 0.308. The monoisotopic (exact) mass is 494 g/mol. The van der Waals surface area contributed by atoms with Gasteiger partial charge in [0.1, 0.15) is 6.04 Å². The third kappa shape index (κ3) is 6.27. The van der Waals surface area contributed by atoms with Crippen LogP contribution in [0.15, 0.2) is 71.6 Å². The molecular weight excluding hydrogens is 468 g/mol. The minimum Gasteiger partial charge on any atom is -0.459 e. The number of amides is 3. The number of halogens is 1. The van der Waals surface area contributed by atoms with Crippen LogP contribution in [0.3, 0.4) is 0 Å². The lowest BCUT2D eigenvalue weighted by atomic mass is 9.94. The zero-order valence-electron chi connectivity index (χ0n) is 19.2. The van der Waals surface area contributed by atoms with Crippen LogP contribution in [0.2, 0.25) is 5.02 Å². The van der Waals surface area contributed by atoms with E-state index in [9.17, 15) is 14.4 Å². The molecule has 2 N–H and O–H groups in total. The van der Waals surface area contributed by atoms with Crippen LogP contribution in [0.4, 0.5) is 5.69 Å². The molecule has 1 aromatic carbocycles. The molecule has 1 unspecified atom stereocenters. The standard InChI is InChI=1S/C26H27ClN4O4/c27-19-10-12-21(13-11-19)31(23(32)17-29-25(33)22-9-5-15-35-22)24(18-6-4-14-28-16-18)26(34)30-20-7-2-1-3-8-20/h4-6,9-16,20,24H,1-3,7-8,17H2,(H,29,33)(H,30,34). The van der Waals surface area contributed by atoms with Crippen molar-refractivity contribution in [3.63, 3.8) is 0 Å². The van der Waals surface area contributed by atoms with Crippen LogP contribution in [-0.2, 0) is 9.59 Å². The van der Waals surface area contributed by atoms with Crippen molar-refractivity contribution in [1.29, 1.82) is 0 Å². The molecule has 3 aromatic rings. The number of carbonyl (C=O) groups is 3. The third-order valence-corrected chi connectivity index (χ3v) is 6.23. The van der Waals surface area contributed by atoms with Gasteiger partial charge in [0.2, 0.25) is 11.8 Å². The molecule has 1 aliphatic carbocycles. The van der Waals surface area contributed by atoms with Crippen LogP contribution in [0.25, 0.3) is 0 Å². The van der Waals surface area contributed by atoms with E-state index in [0.717, 1.165) is 32.1 Å². The Morgan fingerprint density at radius 3 is 2.49 bits per heavy atom. The third-order valence-electron chi connectivity index (χ3n) is 5.98. The molecule has 8 nitrogen and oxygen atoms in total. The van der Waals surface area contributed by atoms with Crippen molar-refractivity contribution in [3.05, 3.63) is 83.5 Å². The van der Waals surface area contributed by atoms with Crippen molar-refractivity contribution in [2.45, 2.75) is 44.2 Å². The Morgan fingerprint density at radius 1 is 1.06 bits per heavy atom. The molecule has 1 atom stereocenters. The molecule has 1 saturated carbocycles. The van der Waals surface area contributed by atoms with Crippen molar-refractivity contribution >= 4 is 35.0 Å². The van der Waals surface area contributed by atoms with E-state index in [4.69, 9.17) is 16.0 Å². The topological polar surface area (TPSA) is 105 Å². The van der Waals surface area contributed by atoms with Crippen LogP contribution >= 0.6 is 11.6 Å². The van der Waals surface area contributed by atoms with Crippen LogP contribution in [-0.4, -0.2) is 35.3 Å². The lowest BCUT2D eigenvalue weighted by molar-refractivity contribution is -0.127. The first kappa shape index (κ1) is 24.5. The van der Waals surface area contributed by atoms with Crippen molar-refractivity contribution in [3.8, 4) is 0 Å². The predicted octanol–water partition coefficient (Wildman–Crippen LogP) is 4.28. The highest BCUT2D eigenvalue weighted by molar-refractivity contribution is 6.30. The maximum Gasteiger partial charge on any atom is 0.287 e. The molecular formula is C26H27ClN4O4. The number of pyridine rings is 1. The molecule has 182 valence electrons. The normalized spacial score (nSPS) is 14.7. The highest BCUT2D eigenvalue weighted by Gasteiger charge is 2.34. The van der Waals surface area contributed by atoms with Crippen LogP contribution in [0.1, 0.15) is 54.3 Å². The van der Waals surface area contributed by atoms with Crippen LogP contribution < -0.4 is 15.5 Å². The number of hydrogen-bond acceptors (Lipinski definition) is 5. The number of benzene rings is 1. The average Bonchev–Trinajstić information content (AvgIpc) is 3.43. The number of hydrogen-bond donors (Lipinski definition) is 2. The first-order valence-electron chi connectivity index (χ1n) is 11.6. The van der Waals surface area contributed by atoms with Crippen molar-refractivity contribution < 1.29 is 18.8 Å². The molecule has 0 saturated heterocycles. The molecule has 2 heterocycles. The molecule has 0 spiro atoms. The average molecular weight is 495 g/mol. The van der Waals surface area contributed by atoms with Gasteiger partial charge in [0, 0.05) is 34.7 Å². The quantitative estimate of drug-likeness (QED) is 0.486. The summed E-state index contributed by atoms with van der Waals surface area (Å²) in [7, 11) is 0. The van der Waals surface area contributed by atoms with Gasteiger partial charge in [-0.1, -0.05) is 36.9 Å². The van der Waals surface area contributed by atoms with Gasteiger partial charge in [-0.15, -0.1) is 0 Å². The van der Waals surface area contributed by atoms with Gasteiger partial charge >= 0.3 is 0 Å². The SMILES string of the molecule is O=C(NCC(=O)N(c1ccc(Cl)cc1)C(C(=O)NC1CCCCC1)c1cccnc1)c1ccco1. The Labute approximate surface area is 208 Å². The summed E-state index contributed by atoms with van der Waals surface area (Å²) in [6, 6.07) is 12.3. The van der Waals surface area contributed by atoms with Gasteiger partial charge in [-0.05, 0) is 55.3 Å². The molecule has 2 aromatic heterocycles. The molecule has 9 heteroatoms. The number of nitrogens with zero attached hydrogens (tertiary/aromatic N) is 2. The van der Waals surface area contributed by atoms with E-state index in [1.807, 2.05) is 0 Å². The Bertz CT molecular complexity index is 1130. The fourth-order valence-corrected chi connectivity index (χ4v) is 4.38. The molecule has 1 fully saturated rings. The number of anilines is 1. The Balaban J connectivity index is 1.65. The van der Waals surface area contributed by atoms with Gasteiger partial charge < -0.3 is 15.1 Å². The summed E-state index contributed by atoms with van der Waals surface area (Å²) >= 11 is 6.08. The van der Waals surface area contributed by atoms with Gasteiger partial charge in [0.05, 0.1) is 12.8 Å². The van der Waals surface area contributed by atoms with Gasteiger partial charge in [-0.3, -0.25) is 24.3 Å². The number of rotatable bonds is 8. The minimum atomic E-state index is -0.986. The molecule has 0 bridgehead atoms. The van der Waals surface area contributed by atoms with E-state index in [-0.39, 0.29) is 24.3 Å². The summed E-state index contributed by atoms with van der Waals surface area (Å²) in [4.78, 5) is 45.1. The van der Waals surface area contributed by atoms with Crippen LogP contribution in [0.5, 0.6) is 0 Å². The Hall–Kier alpha value is -3.65. The lowest BCUT2D eigenvalue weighted by Gasteiger charge is -2.33. The van der Waals surface area contributed by atoms with E-state index in [2.05, 4.69) is 15.6 Å². The first-order valence-corrected chi connectivity index (χ1v) is 12.0. The Morgan fingerprint density at radius 2 is 1.83 bits per heavy atom. The van der Waals surface area contributed by atoms with Crippen LogP contribution in [0, 0.1) is 0 Å². The van der Waals surface area contributed by atoms with Gasteiger partial charge in [0.25, 0.3) is 5.91 Å². The van der Waals surface area contributed by atoms with E-state index >= 15 is 0 Å². The summed E-state index contributed by atoms with van der Waals surface area (Å²) in [6.07, 6.45) is 9.63. The van der Waals surface area contributed by atoms with Crippen molar-refractivity contribution in [2.24, 2.45) is 0 Å². The maximum atomic E-state index is 13.7. The van der Waals surface area contributed by atoms with E-state index < -0.39 is 17.9 Å². The molecule has 0 radical (unpaired) electrons. The lowest BCUT2D eigenvalue weighted by Crippen LogP contribution is -2.49. The van der Waals surface area contributed by atoms with Crippen molar-refractivity contribution in [1.82, 2.24) is 15.6 Å². The second-order valence-corrected chi connectivity index (χ2v) is 8.87. The molecule has 35 heavy (non-hydrogen) atoms. The van der Waals surface area contributed by atoms with E-state index in [1.165, 1.54) is 17.2 Å². The number of nitrogens with one attached hydrogen (secondary N) is 2. The Kier molecular flexibility index (Phi) is 8.15. The second-order valence-electron chi connectivity index (χ2n) is 8.43. The molecule has 3 amide bonds. The minimum absolute atomic E-state index is 0.0521. The molecule has 1 aliphatic rings. The summed E-state index contributed by atoms with van der Waals surface area (Å²) in [5.41, 5.74) is 1.03. The van der Waals surface area contributed by atoms with Crippen molar-refractivity contribution in [2.75, 3.05) is 11.4 Å². The molecule has 0 aliphatic heterocycles. The summed E-state index contributed by atoms with van der Waals surface area (Å²) in [6.45, 7) is -0.338. The summed E-state index contributed by atoms with van der Waals surface area (Å²) in [5.74, 6) is -1.20. The largest absolute Gasteiger partial charge is 0.459 e. The number of furan rings is 1. The number of aromatic nitrogens is 1. The summed E-state index contributed by atoms with van der Waals surface area (Å²) in [5, 5.41) is 6.21. The molecule has 4 rings (SSSR count). The fourth-order valence-electron chi connectivity index (χ4n) is 4.26. The second kappa shape index (κ2) is 11.7. The smallest absolute Gasteiger partial charge is 0.287 e. The zero-order valence-corrected chi connectivity index (χ0v) is 19.9. The van der Waals surface area contributed by atoms with Gasteiger partial charge in [-0.25, -0.2) is 0 Å². The van der Waals surface area contributed by atoms with E-state index in [0.29, 0.717) is 16.3 Å². The predicted molar refractivity (Wildman–Crippen MR) is 132 cm³/mol. The van der Waals surface area contributed by atoms with E-state index in [1.54, 1.807) is 54.9 Å². The maximum absolute atomic E-state index is 13.7. The summed E-state index contributed by atoms with van der Waals surface area (Å²) < 4.78 is 5.10. The zero-order chi connectivity index (χ0) is 24.6. The highest BCUT2D eigenvalue weighted by Crippen LogP contribution is 2.29. The van der Waals surface area contributed by atoms with Gasteiger partial charge in [-0.2, -0.15) is 0 Å².